The fourth-order valence-electron chi connectivity index (χ4n) is 2.69. The summed E-state index contributed by atoms with van der Waals surface area (Å²) in [5.41, 5.74) is 0. The standard InChI is InChI=1S/C17H27N3O3/c1-2-3-4-8-18-9-7-16(21)19-10-12-20(13-11-19)17(22)15-6-5-14-23-15/h5-6,14,18H,2-4,7-13H2,1H3. The highest BCUT2D eigenvalue weighted by Crippen LogP contribution is 2.10. The number of hydrogen-bond donors (Lipinski definition) is 1. The number of carbonyl (C=O) groups excluding carboxylic acids is 2. The second-order valence-electron chi connectivity index (χ2n) is 5.86. The number of nitrogens with zero attached hydrogens (tertiary/aromatic N) is 2. The molecule has 2 rings (SSSR count). The fourth-order valence-corrected chi connectivity index (χ4v) is 2.69. The van der Waals surface area contributed by atoms with Gasteiger partial charge in [0.05, 0.1) is 6.26 Å². The molecule has 0 atom stereocenters. The van der Waals surface area contributed by atoms with Gasteiger partial charge in [-0.15, -0.1) is 0 Å². The van der Waals surface area contributed by atoms with Gasteiger partial charge in [0.15, 0.2) is 5.76 Å². The molecule has 128 valence electrons. The third-order valence-electron chi connectivity index (χ3n) is 4.12. The van der Waals surface area contributed by atoms with Crippen molar-refractivity contribution in [2.45, 2.75) is 32.6 Å². The summed E-state index contributed by atoms with van der Waals surface area (Å²) in [5, 5.41) is 3.31. The molecule has 2 heterocycles. The molecule has 0 unspecified atom stereocenters. The number of furan rings is 1. The first-order valence-corrected chi connectivity index (χ1v) is 8.53. The minimum absolute atomic E-state index is 0.0975. The van der Waals surface area contributed by atoms with Crippen LogP contribution in [-0.4, -0.2) is 60.9 Å². The van der Waals surface area contributed by atoms with Crippen LogP contribution in [0.5, 0.6) is 0 Å². The molecule has 0 saturated carbocycles. The number of rotatable bonds is 8. The highest BCUT2D eigenvalue weighted by atomic mass is 16.3. The molecule has 1 aromatic rings. The number of carbonyl (C=O) groups is 2. The third-order valence-corrected chi connectivity index (χ3v) is 4.12. The summed E-state index contributed by atoms with van der Waals surface area (Å²) in [4.78, 5) is 27.9. The van der Waals surface area contributed by atoms with Gasteiger partial charge in [0.25, 0.3) is 5.91 Å². The Morgan fingerprint density at radius 1 is 1.13 bits per heavy atom. The summed E-state index contributed by atoms with van der Waals surface area (Å²) in [5.74, 6) is 0.429. The largest absolute Gasteiger partial charge is 0.459 e. The Labute approximate surface area is 137 Å². The predicted molar refractivity (Wildman–Crippen MR) is 88.2 cm³/mol. The number of nitrogens with one attached hydrogen (secondary N) is 1. The van der Waals surface area contributed by atoms with Gasteiger partial charge in [0.2, 0.25) is 5.91 Å². The summed E-state index contributed by atoms with van der Waals surface area (Å²) in [6, 6.07) is 3.38. The van der Waals surface area contributed by atoms with Gasteiger partial charge in [-0.3, -0.25) is 9.59 Å². The van der Waals surface area contributed by atoms with E-state index in [1.807, 2.05) is 4.90 Å². The highest BCUT2D eigenvalue weighted by Gasteiger charge is 2.25. The Hall–Kier alpha value is -1.82. The van der Waals surface area contributed by atoms with E-state index in [-0.39, 0.29) is 11.8 Å². The van der Waals surface area contributed by atoms with Crippen molar-refractivity contribution >= 4 is 11.8 Å². The molecule has 1 aliphatic rings. The second kappa shape index (κ2) is 9.35. The minimum atomic E-state index is -0.0975. The fraction of sp³-hybridized carbons (Fsp3) is 0.647. The Morgan fingerprint density at radius 3 is 2.52 bits per heavy atom. The molecule has 0 spiro atoms. The van der Waals surface area contributed by atoms with Gasteiger partial charge in [-0.2, -0.15) is 0 Å². The number of hydrogen-bond acceptors (Lipinski definition) is 4. The summed E-state index contributed by atoms with van der Waals surface area (Å²) in [6.07, 6.45) is 5.63. The van der Waals surface area contributed by atoms with E-state index in [4.69, 9.17) is 4.42 Å². The molecule has 1 aromatic heterocycles. The highest BCUT2D eigenvalue weighted by molar-refractivity contribution is 5.91. The number of unbranched alkanes of at least 4 members (excludes halogenated alkanes) is 2. The Kier molecular flexibility index (Phi) is 7.13. The zero-order chi connectivity index (χ0) is 16.5. The quantitative estimate of drug-likeness (QED) is 0.741. The minimum Gasteiger partial charge on any atom is -0.459 e. The van der Waals surface area contributed by atoms with Crippen molar-refractivity contribution in [3.63, 3.8) is 0 Å². The lowest BCUT2D eigenvalue weighted by Crippen LogP contribution is -2.50. The van der Waals surface area contributed by atoms with Crippen LogP contribution in [0.1, 0.15) is 43.2 Å². The van der Waals surface area contributed by atoms with E-state index in [1.165, 1.54) is 19.1 Å². The van der Waals surface area contributed by atoms with Crippen molar-refractivity contribution in [3.8, 4) is 0 Å². The molecular formula is C17H27N3O3. The summed E-state index contributed by atoms with van der Waals surface area (Å²) in [6.45, 7) is 6.22. The van der Waals surface area contributed by atoms with Gasteiger partial charge in [0.1, 0.15) is 0 Å². The summed E-state index contributed by atoms with van der Waals surface area (Å²) < 4.78 is 5.14. The molecule has 1 saturated heterocycles. The molecule has 1 fully saturated rings. The third kappa shape index (κ3) is 5.39. The van der Waals surface area contributed by atoms with E-state index in [0.29, 0.717) is 38.4 Å². The van der Waals surface area contributed by atoms with Crippen LogP contribution in [0.3, 0.4) is 0 Å². The van der Waals surface area contributed by atoms with Crippen LogP contribution >= 0.6 is 0 Å². The molecule has 23 heavy (non-hydrogen) atoms. The Morgan fingerprint density at radius 2 is 1.87 bits per heavy atom. The summed E-state index contributed by atoms with van der Waals surface area (Å²) >= 11 is 0. The van der Waals surface area contributed by atoms with E-state index >= 15 is 0 Å². The molecule has 0 bridgehead atoms. The van der Waals surface area contributed by atoms with E-state index < -0.39 is 0 Å². The molecule has 1 aliphatic heterocycles. The average molecular weight is 321 g/mol. The van der Waals surface area contributed by atoms with Crippen LogP contribution in [0.15, 0.2) is 22.8 Å². The van der Waals surface area contributed by atoms with Crippen molar-refractivity contribution in [2.75, 3.05) is 39.3 Å². The normalized spacial score (nSPS) is 15.0. The van der Waals surface area contributed by atoms with Crippen molar-refractivity contribution < 1.29 is 14.0 Å². The predicted octanol–water partition coefficient (Wildman–Crippen LogP) is 1.73. The molecule has 0 aromatic carbocycles. The molecule has 2 amide bonds. The van der Waals surface area contributed by atoms with Crippen LogP contribution in [0.25, 0.3) is 0 Å². The number of piperazine rings is 1. The molecule has 0 aliphatic carbocycles. The zero-order valence-electron chi connectivity index (χ0n) is 13.9. The first-order chi connectivity index (χ1) is 11.2. The van der Waals surface area contributed by atoms with Crippen molar-refractivity contribution in [3.05, 3.63) is 24.2 Å². The lowest BCUT2D eigenvalue weighted by atomic mass is 10.2. The second-order valence-corrected chi connectivity index (χ2v) is 5.86. The van der Waals surface area contributed by atoms with E-state index in [0.717, 1.165) is 19.5 Å². The maximum atomic E-state index is 12.2. The monoisotopic (exact) mass is 321 g/mol. The molecular weight excluding hydrogens is 294 g/mol. The van der Waals surface area contributed by atoms with Crippen LogP contribution < -0.4 is 5.32 Å². The summed E-state index contributed by atoms with van der Waals surface area (Å²) in [7, 11) is 0. The lowest BCUT2D eigenvalue weighted by Gasteiger charge is -2.34. The molecule has 6 nitrogen and oxygen atoms in total. The zero-order valence-corrected chi connectivity index (χ0v) is 13.9. The first-order valence-electron chi connectivity index (χ1n) is 8.53. The topological polar surface area (TPSA) is 65.8 Å². The Balaban J connectivity index is 1.64. The van der Waals surface area contributed by atoms with Crippen molar-refractivity contribution in [1.29, 1.82) is 0 Å². The van der Waals surface area contributed by atoms with Crippen LogP contribution in [0.4, 0.5) is 0 Å². The number of amides is 2. The maximum Gasteiger partial charge on any atom is 0.289 e. The van der Waals surface area contributed by atoms with Gasteiger partial charge in [-0.25, -0.2) is 0 Å². The van der Waals surface area contributed by atoms with Crippen molar-refractivity contribution in [1.82, 2.24) is 15.1 Å². The van der Waals surface area contributed by atoms with E-state index in [9.17, 15) is 9.59 Å². The van der Waals surface area contributed by atoms with Gasteiger partial charge in [0, 0.05) is 39.1 Å². The van der Waals surface area contributed by atoms with E-state index in [2.05, 4.69) is 12.2 Å². The first kappa shape index (κ1) is 17.5. The maximum absolute atomic E-state index is 12.2. The van der Waals surface area contributed by atoms with Gasteiger partial charge >= 0.3 is 0 Å². The molecule has 0 radical (unpaired) electrons. The smallest absolute Gasteiger partial charge is 0.289 e. The van der Waals surface area contributed by atoms with Crippen molar-refractivity contribution in [2.24, 2.45) is 0 Å². The Bertz CT molecular complexity index is 479. The molecule has 6 heteroatoms. The molecule has 1 N–H and O–H groups in total. The van der Waals surface area contributed by atoms with Gasteiger partial charge in [-0.1, -0.05) is 19.8 Å². The lowest BCUT2D eigenvalue weighted by molar-refractivity contribution is -0.132. The van der Waals surface area contributed by atoms with Crippen LogP contribution in [0.2, 0.25) is 0 Å². The van der Waals surface area contributed by atoms with E-state index in [1.54, 1.807) is 17.0 Å². The van der Waals surface area contributed by atoms with Gasteiger partial charge in [-0.05, 0) is 25.1 Å². The average Bonchev–Trinajstić information content (AvgIpc) is 3.12. The van der Waals surface area contributed by atoms with Crippen LogP contribution in [-0.2, 0) is 4.79 Å². The van der Waals surface area contributed by atoms with Gasteiger partial charge < -0.3 is 19.5 Å². The van der Waals surface area contributed by atoms with Crippen LogP contribution in [0, 0.1) is 0 Å². The SMILES string of the molecule is CCCCCNCCC(=O)N1CCN(C(=O)c2ccco2)CC1.